The van der Waals surface area contributed by atoms with Crippen molar-refractivity contribution in [3.8, 4) is 0 Å². The number of rotatable bonds is 6. The Labute approximate surface area is 79.8 Å². The summed E-state index contributed by atoms with van der Waals surface area (Å²) in [5.41, 5.74) is 5.36. The van der Waals surface area contributed by atoms with E-state index in [1.165, 1.54) is 7.11 Å². The normalized spacial score (nSPS) is 13.0. The Hall–Kier alpha value is -0.610. The minimum absolute atomic E-state index is 0.112. The van der Waals surface area contributed by atoms with E-state index in [1.807, 2.05) is 13.8 Å². The van der Waals surface area contributed by atoms with Gasteiger partial charge >= 0.3 is 0 Å². The number of carbonyl (C=O) groups excluding carboxylic acids is 1. The summed E-state index contributed by atoms with van der Waals surface area (Å²) in [6, 6.07) is 0.233. The number of nitrogens with two attached hydrogens (primary N) is 1. The molecule has 0 fully saturated rings. The van der Waals surface area contributed by atoms with Gasteiger partial charge in [0.15, 0.2) is 0 Å². The van der Waals surface area contributed by atoms with E-state index in [-0.39, 0.29) is 18.5 Å². The van der Waals surface area contributed by atoms with Crippen molar-refractivity contribution in [2.45, 2.75) is 38.8 Å². The molecule has 1 amide bonds. The molecule has 0 aliphatic heterocycles. The van der Waals surface area contributed by atoms with E-state index in [0.29, 0.717) is 0 Å². The molecule has 1 unspecified atom stereocenters. The average Bonchev–Trinajstić information content (AvgIpc) is 2.16. The molecule has 0 saturated heterocycles. The van der Waals surface area contributed by atoms with E-state index in [1.54, 1.807) is 0 Å². The van der Waals surface area contributed by atoms with Gasteiger partial charge in [0, 0.05) is 19.7 Å². The first-order chi connectivity index (χ1) is 6.19. The lowest BCUT2D eigenvalue weighted by Crippen LogP contribution is -2.44. The van der Waals surface area contributed by atoms with Gasteiger partial charge in [-0.25, -0.2) is 0 Å². The Balaban J connectivity index is 3.95. The number of nitrogens with one attached hydrogen (secondary N) is 1. The Kier molecular flexibility index (Phi) is 6.54. The van der Waals surface area contributed by atoms with Gasteiger partial charge in [-0.1, -0.05) is 13.8 Å². The predicted molar refractivity (Wildman–Crippen MR) is 52.4 cm³/mol. The number of ether oxygens (including phenoxy) is 1. The van der Waals surface area contributed by atoms with Crippen LogP contribution in [-0.2, 0) is 9.53 Å². The molecular formula is C9H20N2O2. The lowest BCUT2D eigenvalue weighted by atomic mass is 10.1. The molecule has 0 rings (SSSR count). The zero-order valence-corrected chi connectivity index (χ0v) is 8.67. The predicted octanol–water partition coefficient (Wildman–Crippen LogP) is 0.265. The molecule has 1 atom stereocenters. The summed E-state index contributed by atoms with van der Waals surface area (Å²) < 4.78 is 4.91. The molecule has 13 heavy (non-hydrogen) atoms. The molecule has 0 aliphatic carbocycles. The number of amides is 1. The van der Waals surface area contributed by atoms with Crippen molar-refractivity contribution in [1.29, 1.82) is 0 Å². The quantitative estimate of drug-likeness (QED) is 0.628. The first-order valence-electron chi connectivity index (χ1n) is 4.72. The Morgan fingerprint density at radius 3 is 2.31 bits per heavy atom. The van der Waals surface area contributed by atoms with Crippen LogP contribution in [0.15, 0.2) is 0 Å². The van der Waals surface area contributed by atoms with Crippen LogP contribution in [0.3, 0.4) is 0 Å². The lowest BCUT2D eigenvalue weighted by Gasteiger charge is -2.18. The third kappa shape index (κ3) is 4.24. The second kappa shape index (κ2) is 6.86. The van der Waals surface area contributed by atoms with Gasteiger partial charge in [-0.05, 0) is 12.8 Å². The van der Waals surface area contributed by atoms with Gasteiger partial charge in [-0.15, -0.1) is 0 Å². The fourth-order valence-electron chi connectivity index (χ4n) is 1.10. The van der Waals surface area contributed by atoms with Crippen molar-refractivity contribution >= 4 is 5.91 Å². The first kappa shape index (κ1) is 12.4. The van der Waals surface area contributed by atoms with Crippen molar-refractivity contribution in [3.05, 3.63) is 0 Å². The summed E-state index contributed by atoms with van der Waals surface area (Å²) in [7, 11) is 1.49. The highest BCUT2D eigenvalue weighted by molar-refractivity contribution is 5.81. The molecule has 0 aromatic heterocycles. The Morgan fingerprint density at radius 1 is 1.46 bits per heavy atom. The summed E-state index contributed by atoms with van der Waals surface area (Å²) in [4.78, 5) is 11.4. The van der Waals surface area contributed by atoms with Gasteiger partial charge < -0.3 is 15.8 Å². The third-order valence-electron chi connectivity index (χ3n) is 2.12. The molecular weight excluding hydrogens is 168 g/mol. The largest absolute Gasteiger partial charge is 0.370 e. The zero-order valence-electron chi connectivity index (χ0n) is 8.67. The second-order valence-electron chi connectivity index (χ2n) is 2.98. The number of hydrogen-bond donors (Lipinski definition) is 2. The van der Waals surface area contributed by atoms with Crippen LogP contribution in [-0.4, -0.2) is 31.7 Å². The first-order valence-corrected chi connectivity index (χ1v) is 4.72. The molecule has 0 bridgehead atoms. The van der Waals surface area contributed by atoms with E-state index in [0.717, 1.165) is 12.8 Å². The zero-order chi connectivity index (χ0) is 10.3. The summed E-state index contributed by atoms with van der Waals surface area (Å²) in [6.45, 7) is 4.31. The van der Waals surface area contributed by atoms with Crippen molar-refractivity contribution in [2.24, 2.45) is 5.73 Å². The van der Waals surface area contributed by atoms with E-state index < -0.39 is 6.10 Å². The Morgan fingerprint density at radius 2 is 2.00 bits per heavy atom. The van der Waals surface area contributed by atoms with Crippen LogP contribution in [0.4, 0.5) is 0 Å². The Bertz CT molecular complexity index is 143. The molecule has 0 radical (unpaired) electrons. The maximum atomic E-state index is 11.4. The monoisotopic (exact) mass is 188 g/mol. The summed E-state index contributed by atoms with van der Waals surface area (Å²) in [5, 5.41) is 2.87. The number of methoxy groups -OCH3 is 1. The molecule has 4 heteroatoms. The lowest BCUT2D eigenvalue weighted by molar-refractivity contribution is -0.131. The second-order valence-corrected chi connectivity index (χ2v) is 2.98. The maximum Gasteiger partial charge on any atom is 0.250 e. The molecule has 0 saturated carbocycles. The molecule has 4 nitrogen and oxygen atoms in total. The smallest absolute Gasteiger partial charge is 0.250 e. The van der Waals surface area contributed by atoms with E-state index >= 15 is 0 Å². The molecule has 0 heterocycles. The van der Waals surface area contributed by atoms with E-state index in [4.69, 9.17) is 10.5 Å². The molecule has 0 aromatic carbocycles. The van der Waals surface area contributed by atoms with Gasteiger partial charge in [0.05, 0.1) is 0 Å². The van der Waals surface area contributed by atoms with Crippen LogP contribution < -0.4 is 11.1 Å². The van der Waals surface area contributed by atoms with Crippen molar-refractivity contribution in [2.75, 3.05) is 13.7 Å². The standard InChI is InChI=1S/C9H20N2O2/c1-4-7(5-2)11-9(12)8(6-10)13-3/h7-8H,4-6,10H2,1-3H3,(H,11,12). The molecule has 0 aromatic rings. The number of carbonyl (C=O) groups is 1. The SMILES string of the molecule is CCC(CC)NC(=O)C(CN)OC. The average molecular weight is 188 g/mol. The summed E-state index contributed by atoms with van der Waals surface area (Å²) in [6.07, 6.45) is 1.35. The molecule has 3 N–H and O–H groups in total. The number of hydrogen-bond acceptors (Lipinski definition) is 3. The highest BCUT2D eigenvalue weighted by Crippen LogP contribution is 1.97. The maximum absolute atomic E-state index is 11.4. The topological polar surface area (TPSA) is 64.4 Å². The van der Waals surface area contributed by atoms with Crippen molar-refractivity contribution < 1.29 is 9.53 Å². The molecule has 0 aliphatic rings. The van der Waals surface area contributed by atoms with Crippen LogP contribution in [0.5, 0.6) is 0 Å². The highest BCUT2D eigenvalue weighted by atomic mass is 16.5. The van der Waals surface area contributed by atoms with Gasteiger partial charge in [-0.3, -0.25) is 4.79 Å². The van der Waals surface area contributed by atoms with Crippen LogP contribution in [0.1, 0.15) is 26.7 Å². The highest BCUT2D eigenvalue weighted by Gasteiger charge is 2.17. The van der Waals surface area contributed by atoms with Gasteiger partial charge in [0.1, 0.15) is 6.10 Å². The minimum atomic E-state index is -0.513. The van der Waals surface area contributed by atoms with Crippen LogP contribution in [0.25, 0.3) is 0 Å². The van der Waals surface area contributed by atoms with E-state index in [2.05, 4.69) is 5.32 Å². The van der Waals surface area contributed by atoms with E-state index in [9.17, 15) is 4.79 Å². The third-order valence-corrected chi connectivity index (χ3v) is 2.12. The van der Waals surface area contributed by atoms with Crippen molar-refractivity contribution in [1.82, 2.24) is 5.32 Å². The minimum Gasteiger partial charge on any atom is -0.370 e. The van der Waals surface area contributed by atoms with Crippen molar-refractivity contribution in [3.63, 3.8) is 0 Å². The van der Waals surface area contributed by atoms with Crippen LogP contribution >= 0.6 is 0 Å². The fourth-order valence-corrected chi connectivity index (χ4v) is 1.10. The molecule has 0 spiro atoms. The summed E-state index contributed by atoms with van der Waals surface area (Å²) >= 11 is 0. The summed E-state index contributed by atoms with van der Waals surface area (Å²) in [5.74, 6) is -0.112. The van der Waals surface area contributed by atoms with Gasteiger partial charge in [-0.2, -0.15) is 0 Å². The van der Waals surface area contributed by atoms with Crippen LogP contribution in [0.2, 0.25) is 0 Å². The molecule has 78 valence electrons. The van der Waals surface area contributed by atoms with Gasteiger partial charge in [0.25, 0.3) is 5.91 Å². The van der Waals surface area contributed by atoms with Crippen LogP contribution in [0, 0.1) is 0 Å². The van der Waals surface area contributed by atoms with Gasteiger partial charge in [0.2, 0.25) is 0 Å². The fraction of sp³-hybridized carbons (Fsp3) is 0.889.